The highest BCUT2D eigenvalue weighted by molar-refractivity contribution is 5.86. The Morgan fingerprint density at radius 2 is 2.00 bits per heavy atom. The van der Waals surface area contributed by atoms with Crippen LogP contribution in [0.1, 0.15) is 20.3 Å². The Balaban J connectivity index is 2.00. The van der Waals surface area contributed by atoms with Gasteiger partial charge in [-0.2, -0.15) is 5.10 Å². The van der Waals surface area contributed by atoms with Crippen LogP contribution in [0.15, 0.2) is 12.5 Å². The fourth-order valence-corrected chi connectivity index (χ4v) is 2.84. The number of H-pyrrole nitrogens is 1. The average Bonchev–Trinajstić information content (AvgIpc) is 2.75. The van der Waals surface area contributed by atoms with Crippen molar-refractivity contribution in [2.75, 3.05) is 18.0 Å². The number of aromatic amines is 1. The van der Waals surface area contributed by atoms with Crippen molar-refractivity contribution in [1.29, 1.82) is 0 Å². The third kappa shape index (κ3) is 1.85. The molecule has 2 unspecified atom stereocenters. The van der Waals surface area contributed by atoms with Crippen LogP contribution < -0.4 is 4.90 Å². The number of nitrogens with one attached hydrogen (secondary N) is 1. The van der Waals surface area contributed by atoms with Crippen LogP contribution >= 0.6 is 0 Å². The Morgan fingerprint density at radius 3 is 2.76 bits per heavy atom. The third-order valence-electron chi connectivity index (χ3n) is 3.40. The first kappa shape index (κ1) is 10.5. The third-order valence-corrected chi connectivity index (χ3v) is 3.40. The average molecular weight is 231 g/mol. The molecule has 0 radical (unpaired) electrons. The first-order valence-corrected chi connectivity index (χ1v) is 6.13. The van der Waals surface area contributed by atoms with Gasteiger partial charge in [-0.1, -0.05) is 13.8 Å². The number of fused-ring (bicyclic) bond motifs is 1. The van der Waals surface area contributed by atoms with E-state index in [2.05, 4.69) is 38.9 Å². The van der Waals surface area contributed by atoms with E-state index in [1.165, 1.54) is 6.42 Å². The summed E-state index contributed by atoms with van der Waals surface area (Å²) in [6.45, 7) is 6.75. The number of anilines is 1. The smallest absolute Gasteiger partial charge is 0.160 e. The zero-order valence-electron chi connectivity index (χ0n) is 10.2. The van der Waals surface area contributed by atoms with E-state index < -0.39 is 0 Å². The van der Waals surface area contributed by atoms with E-state index in [4.69, 9.17) is 0 Å². The van der Waals surface area contributed by atoms with E-state index in [0.29, 0.717) is 0 Å². The zero-order valence-corrected chi connectivity index (χ0v) is 10.2. The highest BCUT2D eigenvalue weighted by atomic mass is 15.2. The Kier molecular flexibility index (Phi) is 2.46. The molecule has 5 heteroatoms. The van der Waals surface area contributed by atoms with Crippen molar-refractivity contribution < 1.29 is 0 Å². The molecule has 0 amide bonds. The molecule has 1 N–H and O–H groups in total. The van der Waals surface area contributed by atoms with Crippen molar-refractivity contribution in [3.8, 4) is 0 Å². The highest BCUT2D eigenvalue weighted by Gasteiger charge is 2.24. The monoisotopic (exact) mass is 231 g/mol. The zero-order chi connectivity index (χ0) is 11.8. The summed E-state index contributed by atoms with van der Waals surface area (Å²) in [6, 6.07) is 0. The molecule has 2 atom stereocenters. The van der Waals surface area contributed by atoms with Crippen molar-refractivity contribution in [2.24, 2.45) is 11.8 Å². The van der Waals surface area contributed by atoms with Crippen molar-refractivity contribution in [2.45, 2.75) is 20.3 Å². The quantitative estimate of drug-likeness (QED) is 0.813. The van der Waals surface area contributed by atoms with Gasteiger partial charge in [-0.3, -0.25) is 5.10 Å². The predicted molar refractivity (Wildman–Crippen MR) is 66.8 cm³/mol. The second-order valence-electron chi connectivity index (χ2n) is 5.18. The second kappa shape index (κ2) is 3.98. The van der Waals surface area contributed by atoms with Crippen LogP contribution in [0.3, 0.4) is 0 Å². The fourth-order valence-electron chi connectivity index (χ4n) is 2.84. The number of rotatable bonds is 1. The van der Waals surface area contributed by atoms with Gasteiger partial charge < -0.3 is 4.90 Å². The van der Waals surface area contributed by atoms with E-state index in [0.717, 1.165) is 41.8 Å². The molecule has 17 heavy (non-hydrogen) atoms. The Hall–Kier alpha value is -1.65. The second-order valence-corrected chi connectivity index (χ2v) is 5.18. The van der Waals surface area contributed by atoms with Crippen LogP contribution in [0.2, 0.25) is 0 Å². The van der Waals surface area contributed by atoms with Crippen LogP contribution in [0.4, 0.5) is 5.82 Å². The van der Waals surface area contributed by atoms with Crippen LogP contribution in [-0.4, -0.2) is 33.3 Å². The lowest BCUT2D eigenvalue weighted by Gasteiger charge is -2.35. The molecule has 0 spiro atoms. The van der Waals surface area contributed by atoms with Gasteiger partial charge in [-0.25, -0.2) is 9.97 Å². The molecule has 1 fully saturated rings. The molecule has 0 bridgehead atoms. The Labute approximate surface area is 100 Å². The maximum absolute atomic E-state index is 4.43. The van der Waals surface area contributed by atoms with E-state index in [1.54, 1.807) is 6.33 Å². The number of piperidine rings is 1. The minimum atomic E-state index is 0.718. The summed E-state index contributed by atoms with van der Waals surface area (Å²) in [6.07, 6.45) is 4.73. The van der Waals surface area contributed by atoms with Gasteiger partial charge in [-0.05, 0) is 18.3 Å². The minimum Gasteiger partial charge on any atom is -0.355 e. The standard InChI is InChI=1S/C12H17N5/c1-8-3-9(2)6-17(5-8)12-10-4-15-16-11(10)13-7-14-12/h4,7-9H,3,5-6H2,1-2H3,(H,13,14,15,16). The molecule has 5 nitrogen and oxygen atoms in total. The summed E-state index contributed by atoms with van der Waals surface area (Å²) < 4.78 is 0. The van der Waals surface area contributed by atoms with Crippen LogP contribution in [0, 0.1) is 11.8 Å². The van der Waals surface area contributed by atoms with E-state index >= 15 is 0 Å². The van der Waals surface area contributed by atoms with Gasteiger partial charge >= 0.3 is 0 Å². The van der Waals surface area contributed by atoms with E-state index in [-0.39, 0.29) is 0 Å². The minimum absolute atomic E-state index is 0.718. The largest absolute Gasteiger partial charge is 0.355 e. The van der Waals surface area contributed by atoms with Crippen molar-refractivity contribution >= 4 is 16.9 Å². The summed E-state index contributed by atoms with van der Waals surface area (Å²) >= 11 is 0. The molecular formula is C12H17N5. The SMILES string of the molecule is CC1CC(C)CN(c2ncnc3[nH]ncc23)C1. The van der Waals surface area contributed by atoms with E-state index in [9.17, 15) is 0 Å². The lowest BCUT2D eigenvalue weighted by atomic mass is 9.92. The van der Waals surface area contributed by atoms with Gasteiger partial charge in [0.2, 0.25) is 0 Å². The topological polar surface area (TPSA) is 57.7 Å². The molecule has 0 aliphatic carbocycles. The van der Waals surface area contributed by atoms with Gasteiger partial charge in [0.25, 0.3) is 0 Å². The number of hydrogen-bond donors (Lipinski definition) is 1. The predicted octanol–water partition coefficient (Wildman–Crippen LogP) is 1.84. The molecule has 1 saturated heterocycles. The van der Waals surface area contributed by atoms with E-state index in [1.807, 2.05) is 6.20 Å². The van der Waals surface area contributed by atoms with Gasteiger partial charge in [0.15, 0.2) is 5.65 Å². The summed E-state index contributed by atoms with van der Waals surface area (Å²) in [5.41, 5.74) is 0.820. The lowest BCUT2D eigenvalue weighted by molar-refractivity contribution is 0.356. The summed E-state index contributed by atoms with van der Waals surface area (Å²) in [5.74, 6) is 2.45. The molecular weight excluding hydrogens is 214 g/mol. The molecule has 3 heterocycles. The van der Waals surface area contributed by atoms with Crippen LogP contribution in [-0.2, 0) is 0 Å². The van der Waals surface area contributed by atoms with Crippen molar-refractivity contribution in [1.82, 2.24) is 20.2 Å². The molecule has 2 aromatic heterocycles. The maximum Gasteiger partial charge on any atom is 0.160 e. The summed E-state index contributed by atoms with van der Waals surface area (Å²) in [4.78, 5) is 11.0. The maximum atomic E-state index is 4.43. The molecule has 2 aromatic rings. The van der Waals surface area contributed by atoms with Gasteiger partial charge in [0, 0.05) is 13.1 Å². The summed E-state index contributed by atoms with van der Waals surface area (Å²) in [5, 5.41) is 7.96. The molecule has 3 rings (SSSR count). The van der Waals surface area contributed by atoms with Gasteiger partial charge in [-0.15, -0.1) is 0 Å². The van der Waals surface area contributed by atoms with Crippen LogP contribution in [0.25, 0.3) is 11.0 Å². The molecule has 0 saturated carbocycles. The highest BCUT2D eigenvalue weighted by Crippen LogP contribution is 2.28. The molecule has 0 aromatic carbocycles. The lowest BCUT2D eigenvalue weighted by Crippen LogP contribution is -2.39. The summed E-state index contributed by atoms with van der Waals surface area (Å²) in [7, 11) is 0. The number of nitrogens with zero attached hydrogens (tertiary/aromatic N) is 4. The van der Waals surface area contributed by atoms with Gasteiger partial charge in [0.1, 0.15) is 12.1 Å². The first-order valence-electron chi connectivity index (χ1n) is 6.13. The molecule has 1 aliphatic rings. The number of hydrogen-bond acceptors (Lipinski definition) is 4. The number of aromatic nitrogens is 4. The van der Waals surface area contributed by atoms with Crippen molar-refractivity contribution in [3.05, 3.63) is 12.5 Å². The molecule has 1 aliphatic heterocycles. The van der Waals surface area contributed by atoms with Crippen LogP contribution in [0.5, 0.6) is 0 Å². The van der Waals surface area contributed by atoms with Crippen molar-refractivity contribution in [3.63, 3.8) is 0 Å². The normalized spacial score (nSPS) is 25.4. The van der Waals surface area contributed by atoms with Gasteiger partial charge in [0.05, 0.1) is 11.6 Å². The first-order chi connectivity index (χ1) is 8.24. The Morgan fingerprint density at radius 1 is 1.24 bits per heavy atom. The Bertz CT molecular complexity index is 510. The fraction of sp³-hybridized carbons (Fsp3) is 0.583. The molecule has 90 valence electrons.